The predicted molar refractivity (Wildman–Crippen MR) is 204 cm³/mol. The Balaban J connectivity index is 1.13. The number of hydrogen-bond donors (Lipinski definition) is 4. The van der Waals surface area contributed by atoms with Gasteiger partial charge in [-0.15, -0.1) is 0 Å². The molecule has 0 bridgehead atoms. The lowest BCUT2D eigenvalue weighted by atomic mass is 9.72. The summed E-state index contributed by atoms with van der Waals surface area (Å²) in [7, 11) is 6.46. The van der Waals surface area contributed by atoms with Crippen molar-refractivity contribution in [3.05, 3.63) is 51.6 Å². The maximum atomic E-state index is 14.1. The number of aromatic hydroxyl groups is 2. The lowest BCUT2D eigenvalue weighted by Crippen LogP contribution is -2.55. The molecule has 7 rings (SSSR count). The van der Waals surface area contributed by atoms with Gasteiger partial charge in [0.25, 0.3) is 0 Å². The predicted octanol–water partition coefficient (Wildman–Crippen LogP) is 1.64. The molecule has 5 unspecified atom stereocenters. The van der Waals surface area contributed by atoms with Gasteiger partial charge in [-0.05, 0) is 32.9 Å². The van der Waals surface area contributed by atoms with Crippen molar-refractivity contribution in [1.82, 2.24) is 15.1 Å². The van der Waals surface area contributed by atoms with E-state index in [2.05, 4.69) is 10.2 Å². The van der Waals surface area contributed by atoms with Crippen molar-refractivity contribution in [3.8, 4) is 17.2 Å². The van der Waals surface area contributed by atoms with Crippen LogP contribution in [0, 0.1) is 0 Å². The fraction of sp³-hybridized carbons (Fsp3) is 0.634. The van der Waals surface area contributed by atoms with Crippen LogP contribution in [-0.4, -0.2) is 166 Å². The van der Waals surface area contributed by atoms with Crippen molar-refractivity contribution in [2.45, 2.75) is 87.8 Å². The zero-order chi connectivity index (χ0) is 41.3. The average molecular weight is 814 g/mol. The first-order valence-corrected chi connectivity index (χ1v) is 19.9. The van der Waals surface area contributed by atoms with Crippen LogP contribution in [0.5, 0.6) is 17.2 Å². The molecule has 17 nitrogen and oxygen atoms in total. The van der Waals surface area contributed by atoms with Crippen LogP contribution in [0.1, 0.15) is 81.7 Å². The fourth-order valence-electron chi connectivity index (χ4n) is 8.97. The third-order valence-corrected chi connectivity index (χ3v) is 11.9. The van der Waals surface area contributed by atoms with Gasteiger partial charge in [0.15, 0.2) is 24.6 Å². The minimum Gasteiger partial charge on any atom is -0.507 e. The monoisotopic (exact) mass is 813 g/mol. The van der Waals surface area contributed by atoms with Gasteiger partial charge in [-0.25, -0.2) is 0 Å². The van der Waals surface area contributed by atoms with Crippen LogP contribution in [0.3, 0.4) is 0 Å². The summed E-state index contributed by atoms with van der Waals surface area (Å²) >= 11 is 0. The summed E-state index contributed by atoms with van der Waals surface area (Å²) in [5, 5.41) is 39.2. The topological polar surface area (TPSA) is 204 Å². The summed E-state index contributed by atoms with van der Waals surface area (Å²) in [6.45, 7) is 5.01. The highest BCUT2D eigenvalue weighted by molar-refractivity contribution is 6.31. The molecule has 58 heavy (non-hydrogen) atoms. The van der Waals surface area contributed by atoms with E-state index in [1.807, 2.05) is 14.0 Å². The van der Waals surface area contributed by atoms with Crippen molar-refractivity contribution in [2.75, 3.05) is 81.0 Å². The van der Waals surface area contributed by atoms with Gasteiger partial charge in [-0.3, -0.25) is 19.3 Å². The molecule has 0 radical (unpaired) electrons. The van der Waals surface area contributed by atoms with Gasteiger partial charge in [-0.2, -0.15) is 0 Å². The first kappa shape index (κ1) is 42.4. The molecule has 318 valence electrons. The van der Waals surface area contributed by atoms with Gasteiger partial charge in [0.1, 0.15) is 30.0 Å². The van der Waals surface area contributed by atoms with Crippen molar-refractivity contribution < 1.29 is 67.6 Å². The van der Waals surface area contributed by atoms with E-state index in [1.165, 1.54) is 18.1 Å². The first-order valence-electron chi connectivity index (χ1n) is 19.9. The summed E-state index contributed by atoms with van der Waals surface area (Å²) < 4.78 is 47.4. The normalized spacial score (nSPS) is 29.0. The van der Waals surface area contributed by atoms with Crippen LogP contribution < -0.4 is 10.1 Å². The summed E-state index contributed by atoms with van der Waals surface area (Å²) in [5.41, 5.74) is -2.01. The molecule has 1 amide bonds. The zero-order valence-corrected chi connectivity index (χ0v) is 33.7. The number of rotatable bonds is 16. The molecule has 8 atom stereocenters. The maximum Gasteiger partial charge on any atom is 0.248 e. The molecular weight excluding hydrogens is 758 g/mol. The molecule has 2 aromatic carbocycles. The molecule has 0 spiro atoms. The van der Waals surface area contributed by atoms with Crippen LogP contribution in [0.2, 0.25) is 0 Å². The van der Waals surface area contributed by atoms with Crippen LogP contribution in [0.15, 0.2) is 18.2 Å². The number of nitrogens with one attached hydrogen (secondary N) is 1. The Morgan fingerprint density at radius 3 is 2.60 bits per heavy atom. The van der Waals surface area contributed by atoms with Gasteiger partial charge in [0, 0.05) is 82.4 Å². The van der Waals surface area contributed by atoms with E-state index < -0.39 is 59.7 Å². The summed E-state index contributed by atoms with van der Waals surface area (Å²) in [4.78, 5) is 44.5. The quantitative estimate of drug-likeness (QED) is 0.120. The molecule has 0 saturated carbocycles. The number of phenols is 2. The summed E-state index contributed by atoms with van der Waals surface area (Å²) in [6, 6.07) is 4.46. The number of morpholine rings is 1. The summed E-state index contributed by atoms with van der Waals surface area (Å²) in [5.74, 6) is -2.42. The van der Waals surface area contributed by atoms with E-state index in [-0.39, 0.29) is 89.7 Å². The highest BCUT2D eigenvalue weighted by Gasteiger charge is 2.54. The van der Waals surface area contributed by atoms with Crippen LogP contribution in [0.4, 0.5) is 0 Å². The molecule has 3 aliphatic heterocycles. The molecule has 3 saturated heterocycles. The van der Waals surface area contributed by atoms with Gasteiger partial charge >= 0.3 is 0 Å². The van der Waals surface area contributed by atoms with Gasteiger partial charge in [-0.1, -0.05) is 12.1 Å². The average Bonchev–Trinajstić information content (AvgIpc) is 3.59. The minimum atomic E-state index is -1.52. The van der Waals surface area contributed by atoms with Crippen LogP contribution in [0.25, 0.3) is 0 Å². The molecule has 3 heterocycles. The number of ether oxygens (including phenoxy) is 8. The number of phenolic OH excluding ortho intramolecular Hbond substituents is 2. The van der Waals surface area contributed by atoms with Crippen molar-refractivity contribution in [2.24, 2.45) is 0 Å². The Kier molecular flexibility index (Phi) is 13.0. The largest absolute Gasteiger partial charge is 0.507 e. The number of amides is 1. The van der Waals surface area contributed by atoms with E-state index in [0.717, 1.165) is 0 Å². The number of likely N-dealkylation sites (N-methyl/N-ethyl adjacent to an activating group) is 2. The lowest BCUT2D eigenvalue weighted by molar-refractivity contribution is -0.256. The Bertz CT molecular complexity index is 1860. The third-order valence-electron chi connectivity index (χ3n) is 11.9. The van der Waals surface area contributed by atoms with Crippen molar-refractivity contribution >= 4 is 17.5 Å². The molecule has 5 aliphatic rings. The minimum absolute atomic E-state index is 0.0180. The molecule has 4 N–H and O–H groups in total. The molecule has 3 fully saturated rings. The number of hydrogen-bond acceptors (Lipinski definition) is 16. The molecule has 2 aliphatic carbocycles. The SMILES string of the molecule is CNCCOCCN(C)C(=O)COCCC[C@]1(O)Cc2c(O)c3c(c(O)c2C(O[C@H]2CC4C(O[C@@H]5C(OC)OCCN45)C(C)O2)C1)C(=O)c1c(OC)cccc1C3=O. The number of methoxy groups -OCH3 is 2. The smallest absolute Gasteiger partial charge is 0.248 e. The second-order valence-corrected chi connectivity index (χ2v) is 15.6. The van der Waals surface area contributed by atoms with E-state index in [1.54, 1.807) is 26.3 Å². The van der Waals surface area contributed by atoms with E-state index in [0.29, 0.717) is 52.3 Å². The maximum absolute atomic E-state index is 14.1. The molecule has 0 aromatic heterocycles. The van der Waals surface area contributed by atoms with E-state index in [9.17, 15) is 29.7 Å². The number of benzene rings is 2. The Hall–Kier alpha value is -3.75. The van der Waals surface area contributed by atoms with Crippen molar-refractivity contribution in [3.63, 3.8) is 0 Å². The second kappa shape index (κ2) is 17.8. The third kappa shape index (κ3) is 8.09. The lowest BCUT2D eigenvalue weighted by Gasteiger charge is -2.44. The number of fused-ring (bicyclic) bond motifs is 6. The second-order valence-electron chi connectivity index (χ2n) is 15.6. The van der Waals surface area contributed by atoms with Crippen molar-refractivity contribution in [1.29, 1.82) is 0 Å². The van der Waals surface area contributed by atoms with E-state index in [4.69, 9.17) is 37.9 Å². The van der Waals surface area contributed by atoms with Gasteiger partial charge < -0.3 is 63.4 Å². The Labute approximate surface area is 337 Å². The highest BCUT2D eigenvalue weighted by atomic mass is 16.7. The molecule has 17 heteroatoms. The van der Waals surface area contributed by atoms with E-state index >= 15 is 0 Å². The fourth-order valence-corrected chi connectivity index (χ4v) is 8.97. The van der Waals surface area contributed by atoms with Gasteiger partial charge in [0.05, 0.1) is 61.4 Å². The highest BCUT2D eigenvalue weighted by Crippen LogP contribution is 2.53. The number of aliphatic hydroxyl groups is 1. The Morgan fingerprint density at radius 2 is 1.84 bits per heavy atom. The first-order chi connectivity index (χ1) is 27.9. The zero-order valence-electron chi connectivity index (χ0n) is 33.7. The van der Waals surface area contributed by atoms with Crippen LogP contribution in [-0.2, 0) is 44.4 Å². The van der Waals surface area contributed by atoms with Gasteiger partial charge in [0.2, 0.25) is 11.7 Å². The number of carbonyl (C=O) groups is 3. The number of carbonyl (C=O) groups excluding carboxylic acids is 3. The standard InChI is InChI=1S/C41H55N3O14/c1-22-38-25(44-13-17-55-40(52-5)39(44)58-38)18-29(56-22)57-27-20-41(50,10-7-14-54-21-28(45)43(3)12-16-53-15-11-42-2)19-24-31(27)37(49)33-32(35(24)47)34(46)23-8-6-9-26(51-4)30(23)36(33)48/h6,8-9,22,25,27,29,38-40,42,47,49-50H,7,10-21H2,1-5H3/t22?,25?,27?,29-,38?,39+,40?,41-/m0/s1. The van der Waals surface area contributed by atoms with Crippen LogP contribution >= 0.6 is 0 Å². The number of nitrogens with zero attached hydrogens (tertiary/aromatic N) is 2. The Morgan fingerprint density at radius 1 is 1.05 bits per heavy atom. The number of ketones is 2. The summed E-state index contributed by atoms with van der Waals surface area (Å²) in [6.07, 6.45) is -3.01. The molecular formula is C41H55N3O14. The molecule has 2 aromatic rings.